The van der Waals surface area contributed by atoms with Crippen molar-refractivity contribution in [2.24, 2.45) is 0 Å². The molecule has 6 nitrogen and oxygen atoms in total. The Hall–Kier alpha value is -2.77. The summed E-state index contributed by atoms with van der Waals surface area (Å²) in [6.07, 6.45) is 3.58. The predicted molar refractivity (Wildman–Crippen MR) is 103 cm³/mol. The summed E-state index contributed by atoms with van der Waals surface area (Å²) >= 11 is 1.74. The maximum absolute atomic E-state index is 5.50. The molecule has 0 saturated carbocycles. The van der Waals surface area contributed by atoms with E-state index in [2.05, 4.69) is 43.7 Å². The Morgan fingerprint density at radius 2 is 2.04 bits per heavy atom. The molecule has 1 aliphatic heterocycles. The fourth-order valence-electron chi connectivity index (χ4n) is 3.31. The van der Waals surface area contributed by atoms with Gasteiger partial charge in [0.25, 0.3) is 0 Å². The van der Waals surface area contributed by atoms with E-state index in [1.165, 1.54) is 10.4 Å². The number of aromatic nitrogens is 4. The van der Waals surface area contributed by atoms with Crippen molar-refractivity contribution in [3.8, 4) is 21.8 Å². The number of anilines is 1. The topological polar surface area (TPSA) is 66.9 Å². The lowest BCUT2D eigenvalue weighted by Gasteiger charge is -2.28. The minimum absolute atomic E-state index is 0.731. The van der Waals surface area contributed by atoms with Crippen LogP contribution in [0.3, 0.4) is 0 Å². The van der Waals surface area contributed by atoms with E-state index in [9.17, 15) is 0 Å². The number of aromatic amines is 1. The summed E-state index contributed by atoms with van der Waals surface area (Å²) < 4.78 is 5.50. The summed E-state index contributed by atoms with van der Waals surface area (Å²) in [4.78, 5) is 13.1. The fraction of sp³-hybridized carbons (Fsp3) is 0.211. The second kappa shape index (κ2) is 6.51. The average molecular weight is 363 g/mol. The minimum atomic E-state index is 0.731. The number of nitrogens with one attached hydrogen (secondary N) is 1. The zero-order chi connectivity index (χ0) is 17.3. The van der Waals surface area contributed by atoms with Crippen molar-refractivity contribution in [2.75, 3.05) is 31.2 Å². The van der Waals surface area contributed by atoms with Gasteiger partial charge in [-0.25, -0.2) is 4.98 Å². The van der Waals surface area contributed by atoms with Gasteiger partial charge in [0.1, 0.15) is 17.0 Å². The van der Waals surface area contributed by atoms with Crippen molar-refractivity contribution in [3.05, 3.63) is 48.1 Å². The maximum Gasteiger partial charge on any atom is 0.130 e. The van der Waals surface area contributed by atoms with Gasteiger partial charge < -0.3 is 9.64 Å². The molecule has 0 aliphatic carbocycles. The Morgan fingerprint density at radius 3 is 2.81 bits per heavy atom. The van der Waals surface area contributed by atoms with E-state index in [4.69, 9.17) is 9.72 Å². The van der Waals surface area contributed by atoms with Gasteiger partial charge in [0.15, 0.2) is 0 Å². The molecule has 26 heavy (non-hydrogen) atoms. The molecule has 7 heteroatoms. The Labute approximate surface area is 154 Å². The average Bonchev–Trinajstić information content (AvgIpc) is 3.41. The van der Waals surface area contributed by atoms with Crippen molar-refractivity contribution in [2.45, 2.75) is 0 Å². The second-order valence-electron chi connectivity index (χ2n) is 6.13. The van der Waals surface area contributed by atoms with Gasteiger partial charge in [-0.15, -0.1) is 11.3 Å². The van der Waals surface area contributed by atoms with Crippen LogP contribution in [0.5, 0.6) is 0 Å². The molecule has 0 amide bonds. The van der Waals surface area contributed by atoms with Crippen LogP contribution in [0.2, 0.25) is 0 Å². The first-order valence-corrected chi connectivity index (χ1v) is 9.44. The first-order chi connectivity index (χ1) is 12.9. The Bertz CT molecular complexity index is 1020. The Morgan fingerprint density at radius 1 is 1.12 bits per heavy atom. The zero-order valence-electron chi connectivity index (χ0n) is 14.1. The molecule has 0 radical (unpaired) electrons. The number of hydrogen-bond acceptors (Lipinski definition) is 6. The lowest BCUT2D eigenvalue weighted by atomic mass is 10.1. The summed E-state index contributed by atoms with van der Waals surface area (Å²) in [5.74, 6) is 0.970. The highest BCUT2D eigenvalue weighted by Gasteiger charge is 2.18. The van der Waals surface area contributed by atoms with Crippen LogP contribution >= 0.6 is 11.3 Å². The molecule has 0 spiro atoms. The third kappa shape index (κ3) is 2.65. The number of nitrogens with zero attached hydrogens (tertiary/aromatic N) is 4. The monoisotopic (exact) mass is 363 g/mol. The molecule has 1 aliphatic rings. The van der Waals surface area contributed by atoms with Crippen LogP contribution in [-0.2, 0) is 4.74 Å². The fourth-order valence-corrected chi connectivity index (χ4v) is 4.07. The van der Waals surface area contributed by atoms with Gasteiger partial charge in [-0.3, -0.25) is 10.1 Å². The lowest BCUT2D eigenvalue weighted by Crippen LogP contribution is -2.36. The maximum atomic E-state index is 5.50. The van der Waals surface area contributed by atoms with Crippen molar-refractivity contribution in [1.82, 2.24) is 20.2 Å². The Balaban J connectivity index is 1.77. The first-order valence-electron chi connectivity index (χ1n) is 8.56. The highest BCUT2D eigenvalue weighted by atomic mass is 32.1. The zero-order valence-corrected chi connectivity index (χ0v) is 14.9. The van der Waals surface area contributed by atoms with Gasteiger partial charge in [0, 0.05) is 41.3 Å². The van der Waals surface area contributed by atoms with Crippen molar-refractivity contribution in [1.29, 1.82) is 0 Å². The molecular formula is C19H17N5OS. The second-order valence-corrected chi connectivity index (χ2v) is 7.08. The summed E-state index contributed by atoms with van der Waals surface area (Å²) in [6, 6.07) is 10.4. The van der Waals surface area contributed by atoms with E-state index < -0.39 is 0 Å². The summed E-state index contributed by atoms with van der Waals surface area (Å²) in [6.45, 7) is 3.16. The van der Waals surface area contributed by atoms with Crippen LogP contribution in [0.4, 0.5) is 5.82 Å². The lowest BCUT2D eigenvalue weighted by molar-refractivity contribution is 0.122. The van der Waals surface area contributed by atoms with E-state index in [0.717, 1.165) is 54.4 Å². The standard InChI is InChI=1S/C19H17N5OS/c1-2-16(26-11-1)14-12-17(24-7-9-25-10-8-24)22-18-13(14)3-5-20-19(18)15-4-6-21-23-15/h1-6,11-12H,7-10H2,(H,21,23). The predicted octanol–water partition coefficient (Wildman–Crippen LogP) is 3.59. The number of H-pyrrole nitrogens is 1. The third-order valence-electron chi connectivity index (χ3n) is 4.59. The molecule has 4 aromatic heterocycles. The highest BCUT2D eigenvalue weighted by Crippen LogP contribution is 2.36. The van der Waals surface area contributed by atoms with Crippen LogP contribution in [0.1, 0.15) is 0 Å². The van der Waals surface area contributed by atoms with Gasteiger partial charge in [-0.05, 0) is 29.6 Å². The molecule has 0 unspecified atom stereocenters. The number of hydrogen-bond donors (Lipinski definition) is 1. The van der Waals surface area contributed by atoms with Gasteiger partial charge in [-0.1, -0.05) is 6.07 Å². The Kier molecular flexibility index (Phi) is 3.88. The first kappa shape index (κ1) is 15.5. The van der Waals surface area contributed by atoms with Gasteiger partial charge in [-0.2, -0.15) is 5.10 Å². The van der Waals surface area contributed by atoms with Crippen LogP contribution in [0.15, 0.2) is 48.1 Å². The molecule has 0 atom stereocenters. The van der Waals surface area contributed by atoms with Crippen LogP contribution in [0, 0.1) is 0 Å². The van der Waals surface area contributed by atoms with E-state index in [1.54, 1.807) is 17.5 Å². The van der Waals surface area contributed by atoms with Crippen LogP contribution in [0.25, 0.3) is 32.7 Å². The van der Waals surface area contributed by atoms with Gasteiger partial charge >= 0.3 is 0 Å². The summed E-state index contributed by atoms with van der Waals surface area (Å²) in [5.41, 5.74) is 3.78. The SMILES string of the molecule is c1csc(-c2cc(N3CCOCC3)nc3c(-c4ccn[nH]4)nccc23)c1. The molecular weight excluding hydrogens is 346 g/mol. The van der Waals surface area contributed by atoms with E-state index in [-0.39, 0.29) is 0 Å². The molecule has 5 heterocycles. The molecule has 1 N–H and O–H groups in total. The quantitative estimate of drug-likeness (QED) is 0.603. The molecule has 0 bridgehead atoms. The molecule has 1 fully saturated rings. The van der Waals surface area contributed by atoms with Crippen molar-refractivity contribution >= 4 is 28.1 Å². The van der Waals surface area contributed by atoms with E-state index in [1.807, 2.05) is 18.3 Å². The number of thiophene rings is 1. The van der Waals surface area contributed by atoms with Crippen molar-refractivity contribution in [3.63, 3.8) is 0 Å². The molecule has 5 rings (SSSR count). The third-order valence-corrected chi connectivity index (χ3v) is 5.49. The number of ether oxygens (including phenoxy) is 1. The number of pyridine rings is 2. The highest BCUT2D eigenvalue weighted by molar-refractivity contribution is 7.13. The number of morpholine rings is 1. The number of fused-ring (bicyclic) bond motifs is 1. The van der Waals surface area contributed by atoms with E-state index >= 15 is 0 Å². The largest absolute Gasteiger partial charge is 0.378 e. The molecule has 130 valence electrons. The normalized spacial score (nSPS) is 14.8. The molecule has 0 aromatic carbocycles. The van der Waals surface area contributed by atoms with E-state index in [0.29, 0.717) is 0 Å². The summed E-state index contributed by atoms with van der Waals surface area (Å²) in [5, 5.41) is 10.3. The van der Waals surface area contributed by atoms with Crippen LogP contribution < -0.4 is 4.90 Å². The molecule has 1 saturated heterocycles. The van der Waals surface area contributed by atoms with Gasteiger partial charge in [0.05, 0.1) is 18.9 Å². The van der Waals surface area contributed by atoms with Gasteiger partial charge in [0.2, 0.25) is 0 Å². The minimum Gasteiger partial charge on any atom is -0.378 e. The summed E-state index contributed by atoms with van der Waals surface area (Å²) in [7, 11) is 0. The number of rotatable bonds is 3. The van der Waals surface area contributed by atoms with Crippen molar-refractivity contribution < 1.29 is 4.74 Å². The molecule has 4 aromatic rings. The van der Waals surface area contributed by atoms with Crippen LogP contribution in [-0.4, -0.2) is 46.5 Å². The smallest absolute Gasteiger partial charge is 0.130 e.